The van der Waals surface area contributed by atoms with Gasteiger partial charge in [0.05, 0.1) is 11.1 Å². The van der Waals surface area contributed by atoms with Gasteiger partial charge in [-0.1, -0.05) is 18.5 Å². The molecule has 0 spiro atoms. The second kappa shape index (κ2) is 5.55. The Hall–Kier alpha value is -1.32. The number of benzene rings is 1. The largest absolute Gasteiger partial charge is 0.459 e. The van der Waals surface area contributed by atoms with E-state index >= 15 is 0 Å². The highest BCUT2D eigenvalue weighted by atomic mass is 35.5. The van der Waals surface area contributed by atoms with Gasteiger partial charge in [0.1, 0.15) is 17.3 Å². The highest BCUT2D eigenvalue weighted by Gasteiger charge is 2.14. The molecule has 2 rings (SSSR count). The second-order valence-corrected chi connectivity index (χ2v) is 4.48. The molecule has 2 aromatic rings. The maximum atomic E-state index is 13.0. The van der Waals surface area contributed by atoms with Crippen molar-refractivity contribution in [3.63, 3.8) is 0 Å². The fraction of sp³-hybridized carbons (Fsp3) is 0.286. The van der Waals surface area contributed by atoms with Crippen LogP contribution in [0.25, 0.3) is 11.3 Å². The molecule has 18 heavy (non-hydrogen) atoms. The molecule has 1 unspecified atom stereocenters. The molecule has 0 saturated heterocycles. The van der Waals surface area contributed by atoms with Crippen LogP contribution in [0.15, 0.2) is 34.7 Å². The second-order valence-electron chi connectivity index (χ2n) is 4.08. The van der Waals surface area contributed by atoms with Crippen molar-refractivity contribution in [2.45, 2.75) is 19.4 Å². The molecule has 0 saturated carbocycles. The predicted octanol–water partition coefficient (Wildman–Crippen LogP) is 4.41. The molecule has 1 heterocycles. The highest BCUT2D eigenvalue weighted by molar-refractivity contribution is 6.33. The normalized spacial score (nSPS) is 12.7. The third-order valence-electron chi connectivity index (χ3n) is 2.92. The summed E-state index contributed by atoms with van der Waals surface area (Å²) in [6, 6.07) is 8.24. The van der Waals surface area contributed by atoms with Crippen LogP contribution >= 0.6 is 11.6 Å². The summed E-state index contributed by atoms with van der Waals surface area (Å²) >= 11 is 6.01. The number of hydrogen-bond acceptors (Lipinski definition) is 2. The van der Waals surface area contributed by atoms with Crippen LogP contribution in [0.2, 0.25) is 5.02 Å². The lowest BCUT2D eigenvalue weighted by Gasteiger charge is -2.10. The molecule has 0 bridgehead atoms. The van der Waals surface area contributed by atoms with E-state index < -0.39 is 0 Å². The van der Waals surface area contributed by atoms with Crippen LogP contribution in [-0.4, -0.2) is 7.05 Å². The minimum Gasteiger partial charge on any atom is -0.459 e. The average Bonchev–Trinajstić information content (AvgIpc) is 2.80. The first-order valence-corrected chi connectivity index (χ1v) is 6.26. The van der Waals surface area contributed by atoms with Gasteiger partial charge in [-0.25, -0.2) is 4.39 Å². The van der Waals surface area contributed by atoms with Crippen LogP contribution in [-0.2, 0) is 0 Å². The summed E-state index contributed by atoms with van der Waals surface area (Å²) in [5.74, 6) is 1.16. The lowest BCUT2D eigenvalue weighted by atomic mass is 10.1. The van der Waals surface area contributed by atoms with Crippen molar-refractivity contribution in [2.75, 3.05) is 7.05 Å². The molecule has 0 fully saturated rings. The summed E-state index contributed by atoms with van der Waals surface area (Å²) in [5, 5.41) is 3.52. The van der Waals surface area contributed by atoms with Crippen molar-refractivity contribution in [3.05, 3.63) is 46.9 Å². The summed E-state index contributed by atoms with van der Waals surface area (Å²) in [6.45, 7) is 2.08. The van der Waals surface area contributed by atoms with Crippen LogP contribution in [0.1, 0.15) is 25.1 Å². The molecule has 0 aliphatic rings. The molecule has 1 N–H and O–H groups in total. The van der Waals surface area contributed by atoms with E-state index in [0.717, 1.165) is 12.2 Å². The van der Waals surface area contributed by atoms with Crippen molar-refractivity contribution in [1.29, 1.82) is 0 Å². The Kier molecular flexibility index (Phi) is 4.04. The maximum Gasteiger partial charge on any atom is 0.135 e. The Morgan fingerprint density at radius 1 is 1.33 bits per heavy atom. The molecule has 0 amide bonds. The van der Waals surface area contributed by atoms with Gasteiger partial charge >= 0.3 is 0 Å². The van der Waals surface area contributed by atoms with Gasteiger partial charge in [0.15, 0.2) is 0 Å². The molecule has 0 radical (unpaired) electrons. The fourth-order valence-electron chi connectivity index (χ4n) is 1.92. The number of rotatable bonds is 4. The summed E-state index contributed by atoms with van der Waals surface area (Å²) in [4.78, 5) is 0. The van der Waals surface area contributed by atoms with Gasteiger partial charge in [-0.2, -0.15) is 0 Å². The zero-order chi connectivity index (χ0) is 13.1. The van der Waals surface area contributed by atoms with E-state index in [4.69, 9.17) is 16.0 Å². The smallest absolute Gasteiger partial charge is 0.135 e. The van der Waals surface area contributed by atoms with E-state index in [-0.39, 0.29) is 11.9 Å². The van der Waals surface area contributed by atoms with Gasteiger partial charge in [0.25, 0.3) is 0 Å². The Labute approximate surface area is 111 Å². The third kappa shape index (κ3) is 2.57. The SMILES string of the molecule is CCC(NC)c1ccc(-c2ccc(F)cc2Cl)o1. The van der Waals surface area contributed by atoms with Gasteiger partial charge in [0, 0.05) is 5.56 Å². The average molecular weight is 268 g/mol. The minimum absolute atomic E-state index is 0.179. The first-order valence-electron chi connectivity index (χ1n) is 5.88. The standard InChI is InChI=1S/C14H15ClFNO/c1-3-12(17-2)14-7-6-13(18-14)10-5-4-9(16)8-11(10)15/h4-8,12,17H,3H2,1-2H3. The Morgan fingerprint density at radius 2 is 2.11 bits per heavy atom. The van der Waals surface area contributed by atoms with E-state index in [1.54, 1.807) is 6.07 Å². The highest BCUT2D eigenvalue weighted by Crippen LogP contribution is 2.31. The minimum atomic E-state index is -0.350. The fourth-order valence-corrected chi connectivity index (χ4v) is 2.18. The van der Waals surface area contributed by atoms with E-state index in [9.17, 15) is 4.39 Å². The van der Waals surface area contributed by atoms with Gasteiger partial charge in [0.2, 0.25) is 0 Å². The molecule has 96 valence electrons. The van der Waals surface area contributed by atoms with Crippen LogP contribution in [0, 0.1) is 5.82 Å². The predicted molar refractivity (Wildman–Crippen MR) is 71.2 cm³/mol. The zero-order valence-corrected chi connectivity index (χ0v) is 11.1. The molecule has 0 aliphatic heterocycles. The van der Waals surface area contributed by atoms with Gasteiger partial charge in [-0.15, -0.1) is 0 Å². The summed E-state index contributed by atoms with van der Waals surface area (Å²) in [6.07, 6.45) is 0.931. The number of halogens is 2. The van der Waals surface area contributed by atoms with Crippen molar-refractivity contribution in [2.24, 2.45) is 0 Å². The Balaban J connectivity index is 2.34. The van der Waals surface area contributed by atoms with Crippen molar-refractivity contribution < 1.29 is 8.81 Å². The zero-order valence-electron chi connectivity index (χ0n) is 10.3. The van der Waals surface area contributed by atoms with Crippen LogP contribution in [0.4, 0.5) is 4.39 Å². The van der Waals surface area contributed by atoms with Crippen LogP contribution in [0.3, 0.4) is 0 Å². The Bertz CT molecular complexity index is 534. The van der Waals surface area contributed by atoms with E-state index in [1.807, 2.05) is 19.2 Å². The first-order chi connectivity index (χ1) is 8.65. The molecule has 1 atom stereocenters. The number of hydrogen-bond donors (Lipinski definition) is 1. The molecule has 1 aromatic heterocycles. The van der Waals surface area contributed by atoms with Crippen molar-refractivity contribution in [1.82, 2.24) is 5.32 Å². The van der Waals surface area contributed by atoms with Gasteiger partial charge in [-0.3, -0.25) is 0 Å². The van der Waals surface area contributed by atoms with E-state index in [1.165, 1.54) is 12.1 Å². The molecular formula is C14H15ClFNO. The molecule has 2 nitrogen and oxygen atoms in total. The number of furan rings is 1. The molecule has 4 heteroatoms. The van der Waals surface area contributed by atoms with E-state index in [0.29, 0.717) is 16.3 Å². The topological polar surface area (TPSA) is 25.2 Å². The number of nitrogens with one attached hydrogen (secondary N) is 1. The quantitative estimate of drug-likeness (QED) is 0.888. The Morgan fingerprint density at radius 3 is 2.72 bits per heavy atom. The third-order valence-corrected chi connectivity index (χ3v) is 3.24. The molecular weight excluding hydrogens is 253 g/mol. The van der Waals surface area contributed by atoms with E-state index in [2.05, 4.69) is 12.2 Å². The van der Waals surface area contributed by atoms with Crippen molar-refractivity contribution >= 4 is 11.6 Å². The molecule has 1 aromatic carbocycles. The van der Waals surface area contributed by atoms with Crippen LogP contribution < -0.4 is 5.32 Å². The summed E-state index contributed by atoms with van der Waals surface area (Å²) < 4.78 is 18.7. The summed E-state index contributed by atoms with van der Waals surface area (Å²) in [5.41, 5.74) is 0.704. The lowest BCUT2D eigenvalue weighted by molar-refractivity contribution is 0.431. The van der Waals surface area contributed by atoms with Gasteiger partial charge in [-0.05, 0) is 43.8 Å². The lowest BCUT2D eigenvalue weighted by Crippen LogP contribution is -2.14. The maximum absolute atomic E-state index is 13.0. The van der Waals surface area contributed by atoms with Crippen LogP contribution in [0.5, 0.6) is 0 Å². The monoisotopic (exact) mass is 267 g/mol. The summed E-state index contributed by atoms with van der Waals surface area (Å²) in [7, 11) is 1.89. The molecule has 0 aliphatic carbocycles. The van der Waals surface area contributed by atoms with Gasteiger partial charge < -0.3 is 9.73 Å². The first kappa shape index (κ1) is 13.1. The van der Waals surface area contributed by atoms with Crippen molar-refractivity contribution in [3.8, 4) is 11.3 Å².